The van der Waals surface area contributed by atoms with Gasteiger partial charge in [-0.25, -0.2) is 4.98 Å². The van der Waals surface area contributed by atoms with Crippen LogP contribution in [-0.4, -0.2) is 35.6 Å². The predicted octanol–water partition coefficient (Wildman–Crippen LogP) is 2.01. The lowest BCUT2D eigenvalue weighted by atomic mass is 9.95. The van der Waals surface area contributed by atoms with Gasteiger partial charge in [-0.1, -0.05) is 26.2 Å². The highest BCUT2D eigenvalue weighted by Crippen LogP contribution is 2.17. The quantitative estimate of drug-likeness (QED) is 0.834. The minimum Gasteiger partial charge on any atom is -0.467 e. The van der Waals surface area contributed by atoms with Gasteiger partial charge in [0.05, 0.1) is 12.3 Å². The van der Waals surface area contributed by atoms with E-state index in [0.29, 0.717) is 30.8 Å². The Morgan fingerprint density at radius 2 is 2.09 bits per heavy atom. The van der Waals surface area contributed by atoms with Gasteiger partial charge in [-0.2, -0.15) is 4.98 Å². The van der Waals surface area contributed by atoms with Gasteiger partial charge in [0.2, 0.25) is 5.88 Å². The van der Waals surface area contributed by atoms with Crippen molar-refractivity contribution in [2.75, 3.05) is 13.7 Å². The maximum atomic E-state index is 11.9. The molecule has 1 aliphatic rings. The monoisotopic (exact) mass is 307 g/mol. The molecule has 0 aliphatic heterocycles. The Balaban J connectivity index is 1.86. The zero-order valence-corrected chi connectivity index (χ0v) is 13.4. The lowest BCUT2D eigenvalue weighted by Gasteiger charge is -2.22. The molecular formula is C16H25N3O3. The molecule has 1 fully saturated rings. The third-order valence-electron chi connectivity index (χ3n) is 3.73. The number of ether oxygens (including phenoxy) is 2. The molecule has 1 amide bonds. The number of rotatable bonds is 7. The molecular weight excluding hydrogens is 282 g/mol. The maximum absolute atomic E-state index is 11.9. The first-order valence-electron chi connectivity index (χ1n) is 7.99. The summed E-state index contributed by atoms with van der Waals surface area (Å²) >= 11 is 0. The molecule has 2 rings (SSSR count). The summed E-state index contributed by atoms with van der Waals surface area (Å²) in [6.45, 7) is 2.37. The van der Waals surface area contributed by atoms with Gasteiger partial charge in [-0.3, -0.25) is 4.79 Å². The number of carbonyl (C=O) groups is 1. The topological polar surface area (TPSA) is 73.3 Å². The molecule has 1 N–H and O–H groups in total. The first-order chi connectivity index (χ1) is 10.7. The molecule has 0 saturated heterocycles. The van der Waals surface area contributed by atoms with Crippen LogP contribution in [0.1, 0.15) is 50.5 Å². The Kier molecular flexibility index (Phi) is 6.58. The second-order valence-corrected chi connectivity index (χ2v) is 5.59. The standard InChI is InChI=1S/C16H25N3O3/c1-3-14-17-13(10-21-2)9-16(19-14)22-11-15(20)18-12-7-5-4-6-8-12/h9,12H,3-8,10-11H2,1-2H3,(H,18,20). The molecule has 0 radical (unpaired) electrons. The van der Waals surface area contributed by atoms with Crippen LogP contribution in [0.5, 0.6) is 5.88 Å². The van der Waals surface area contributed by atoms with Crippen molar-refractivity contribution in [3.63, 3.8) is 0 Å². The zero-order chi connectivity index (χ0) is 15.8. The number of aromatic nitrogens is 2. The molecule has 1 aromatic heterocycles. The highest BCUT2D eigenvalue weighted by atomic mass is 16.5. The number of methoxy groups -OCH3 is 1. The van der Waals surface area contributed by atoms with Crippen molar-refractivity contribution in [2.24, 2.45) is 0 Å². The van der Waals surface area contributed by atoms with Crippen molar-refractivity contribution in [3.05, 3.63) is 17.6 Å². The van der Waals surface area contributed by atoms with E-state index >= 15 is 0 Å². The molecule has 1 aromatic rings. The minimum atomic E-state index is -0.0862. The fraction of sp³-hybridized carbons (Fsp3) is 0.688. The van der Waals surface area contributed by atoms with Gasteiger partial charge in [0.25, 0.3) is 5.91 Å². The average Bonchev–Trinajstić information content (AvgIpc) is 2.54. The van der Waals surface area contributed by atoms with E-state index in [1.54, 1.807) is 13.2 Å². The number of hydrogen-bond acceptors (Lipinski definition) is 5. The molecule has 1 heterocycles. The van der Waals surface area contributed by atoms with Crippen molar-refractivity contribution in [1.29, 1.82) is 0 Å². The number of amides is 1. The summed E-state index contributed by atoms with van der Waals surface area (Å²) in [6, 6.07) is 2.02. The van der Waals surface area contributed by atoms with Gasteiger partial charge < -0.3 is 14.8 Å². The van der Waals surface area contributed by atoms with Crippen LogP contribution in [0.4, 0.5) is 0 Å². The zero-order valence-electron chi connectivity index (χ0n) is 13.4. The van der Waals surface area contributed by atoms with Crippen LogP contribution in [-0.2, 0) is 22.6 Å². The van der Waals surface area contributed by atoms with Crippen molar-refractivity contribution >= 4 is 5.91 Å². The van der Waals surface area contributed by atoms with Crippen molar-refractivity contribution in [2.45, 2.75) is 58.1 Å². The predicted molar refractivity (Wildman–Crippen MR) is 82.6 cm³/mol. The maximum Gasteiger partial charge on any atom is 0.258 e. The summed E-state index contributed by atoms with van der Waals surface area (Å²) < 4.78 is 10.6. The van der Waals surface area contributed by atoms with Crippen LogP contribution >= 0.6 is 0 Å². The molecule has 0 bridgehead atoms. The lowest BCUT2D eigenvalue weighted by molar-refractivity contribution is -0.124. The summed E-state index contributed by atoms with van der Waals surface area (Å²) in [5.74, 6) is 1.03. The summed E-state index contributed by atoms with van der Waals surface area (Å²) in [7, 11) is 1.62. The second-order valence-electron chi connectivity index (χ2n) is 5.59. The van der Waals surface area contributed by atoms with Gasteiger partial charge in [-0.15, -0.1) is 0 Å². The first kappa shape index (κ1) is 16.7. The van der Waals surface area contributed by atoms with E-state index in [9.17, 15) is 4.79 Å². The fourth-order valence-electron chi connectivity index (χ4n) is 2.63. The summed E-state index contributed by atoms with van der Waals surface area (Å²) in [5.41, 5.74) is 0.761. The number of hydrogen-bond donors (Lipinski definition) is 1. The van der Waals surface area contributed by atoms with E-state index in [4.69, 9.17) is 9.47 Å². The van der Waals surface area contributed by atoms with Crippen LogP contribution in [0, 0.1) is 0 Å². The molecule has 6 nitrogen and oxygen atoms in total. The van der Waals surface area contributed by atoms with Crippen molar-refractivity contribution in [1.82, 2.24) is 15.3 Å². The number of carbonyl (C=O) groups excluding carboxylic acids is 1. The molecule has 0 atom stereocenters. The Morgan fingerprint density at radius 1 is 1.32 bits per heavy atom. The number of nitrogens with one attached hydrogen (secondary N) is 1. The molecule has 6 heteroatoms. The molecule has 1 aliphatic carbocycles. The smallest absolute Gasteiger partial charge is 0.258 e. The summed E-state index contributed by atoms with van der Waals surface area (Å²) in [6.07, 6.45) is 6.50. The molecule has 22 heavy (non-hydrogen) atoms. The van der Waals surface area contributed by atoms with Crippen LogP contribution < -0.4 is 10.1 Å². The van der Waals surface area contributed by atoms with E-state index in [2.05, 4.69) is 15.3 Å². The summed E-state index contributed by atoms with van der Waals surface area (Å²) in [4.78, 5) is 20.6. The molecule has 122 valence electrons. The van der Waals surface area contributed by atoms with Crippen LogP contribution in [0.25, 0.3) is 0 Å². The van der Waals surface area contributed by atoms with Gasteiger partial charge in [0.15, 0.2) is 6.61 Å². The molecule has 0 aromatic carbocycles. The highest BCUT2D eigenvalue weighted by molar-refractivity contribution is 5.77. The molecule has 1 saturated carbocycles. The van der Waals surface area contributed by atoms with Gasteiger partial charge >= 0.3 is 0 Å². The van der Waals surface area contributed by atoms with Gasteiger partial charge in [-0.05, 0) is 12.8 Å². The Hall–Kier alpha value is -1.69. The number of aryl methyl sites for hydroxylation is 1. The van der Waals surface area contributed by atoms with E-state index in [1.807, 2.05) is 6.92 Å². The second kappa shape index (κ2) is 8.68. The van der Waals surface area contributed by atoms with Gasteiger partial charge in [0, 0.05) is 25.6 Å². The molecule has 0 spiro atoms. The summed E-state index contributed by atoms with van der Waals surface area (Å²) in [5, 5.41) is 3.03. The molecule has 0 unspecified atom stereocenters. The Morgan fingerprint density at radius 3 is 2.77 bits per heavy atom. The Labute approximate surface area is 131 Å². The minimum absolute atomic E-state index is 0.0108. The normalized spacial score (nSPS) is 15.5. The average molecular weight is 307 g/mol. The third kappa shape index (κ3) is 5.26. The Bertz CT molecular complexity index is 488. The fourth-order valence-corrected chi connectivity index (χ4v) is 2.63. The van der Waals surface area contributed by atoms with E-state index in [1.165, 1.54) is 19.3 Å². The van der Waals surface area contributed by atoms with E-state index in [0.717, 1.165) is 18.5 Å². The van der Waals surface area contributed by atoms with Crippen molar-refractivity contribution in [3.8, 4) is 5.88 Å². The number of nitrogens with zero attached hydrogens (tertiary/aromatic N) is 2. The van der Waals surface area contributed by atoms with Crippen molar-refractivity contribution < 1.29 is 14.3 Å². The first-order valence-corrected chi connectivity index (χ1v) is 7.99. The van der Waals surface area contributed by atoms with E-state index < -0.39 is 0 Å². The van der Waals surface area contributed by atoms with Gasteiger partial charge in [0.1, 0.15) is 5.82 Å². The van der Waals surface area contributed by atoms with Crippen LogP contribution in [0.15, 0.2) is 6.07 Å². The SMILES string of the molecule is CCc1nc(COC)cc(OCC(=O)NC2CCCCC2)n1. The highest BCUT2D eigenvalue weighted by Gasteiger charge is 2.16. The van der Waals surface area contributed by atoms with E-state index in [-0.39, 0.29) is 12.5 Å². The largest absolute Gasteiger partial charge is 0.467 e. The van der Waals surface area contributed by atoms with Crippen LogP contribution in [0.3, 0.4) is 0 Å². The third-order valence-corrected chi connectivity index (χ3v) is 3.73. The van der Waals surface area contributed by atoms with Crippen LogP contribution in [0.2, 0.25) is 0 Å². The lowest BCUT2D eigenvalue weighted by Crippen LogP contribution is -2.39.